The number of carbonyl (C=O) groups is 2. The molecule has 0 aliphatic rings. The van der Waals surface area contributed by atoms with E-state index in [9.17, 15) is 9.59 Å². The summed E-state index contributed by atoms with van der Waals surface area (Å²) >= 11 is 0. The van der Waals surface area contributed by atoms with Gasteiger partial charge in [-0.05, 0) is 43.3 Å². The Morgan fingerprint density at radius 3 is 2.35 bits per heavy atom. The zero-order valence-electron chi connectivity index (χ0n) is 11.4. The van der Waals surface area contributed by atoms with E-state index >= 15 is 0 Å². The molecular formula is C16H15N2O2. The number of nitrogens with one attached hydrogen (secondary N) is 2. The first-order chi connectivity index (χ1) is 9.60. The largest absolute Gasteiger partial charge is 0.355 e. The zero-order valence-corrected chi connectivity index (χ0v) is 11.4. The van der Waals surface area contributed by atoms with Crippen molar-refractivity contribution in [2.24, 2.45) is 0 Å². The van der Waals surface area contributed by atoms with E-state index < -0.39 is 0 Å². The number of amides is 2. The maximum atomic E-state index is 12.1. The van der Waals surface area contributed by atoms with Gasteiger partial charge >= 0.3 is 0 Å². The van der Waals surface area contributed by atoms with Crippen LogP contribution in [0.1, 0.15) is 26.3 Å². The molecule has 2 aromatic carbocycles. The molecule has 0 saturated heterocycles. The predicted octanol–water partition coefficient (Wildman–Crippen LogP) is 2.41. The van der Waals surface area contributed by atoms with Gasteiger partial charge in [0.15, 0.2) is 0 Å². The number of carbonyl (C=O) groups excluding carboxylic acids is 2. The highest BCUT2D eigenvalue weighted by Gasteiger charge is 2.08. The second-order valence-corrected chi connectivity index (χ2v) is 4.41. The highest BCUT2D eigenvalue weighted by Crippen LogP contribution is 2.12. The Morgan fingerprint density at radius 2 is 1.70 bits per heavy atom. The van der Waals surface area contributed by atoms with Crippen LogP contribution in [0.15, 0.2) is 42.5 Å². The Balaban J connectivity index is 2.15. The fourth-order valence-electron chi connectivity index (χ4n) is 1.73. The molecule has 2 aromatic rings. The third kappa shape index (κ3) is 3.23. The van der Waals surface area contributed by atoms with Crippen LogP contribution in [-0.4, -0.2) is 18.9 Å². The summed E-state index contributed by atoms with van der Waals surface area (Å²) in [7, 11) is 1.56. The zero-order chi connectivity index (χ0) is 14.5. The Morgan fingerprint density at radius 1 is 1.00 bits per heavy atom. The molecule has 1 radical (unpaired) electrons. The summed E-state index contributed by atoms with van der Waals surface area (Å²) in [4.78, 5) is 23.6. The summed E-state index contributed by atoms with van der Waals surface area (Å²) < 4.78 is 0. The fourth-order valence-corrected chi connectivity index (χ4v) is 1.73. The van der Waals surface area contributed by atoms with Gasteiger partial charge in [0, 0.05) is 23.9 Å². The van der Waals surface area contributed by atoms with Crippen molar-refractivity contribution in [2.45, 2.75) is 6.92 Å². The maximum absolute atomic E-state index is 12.1. The van der Waals surface area contributed by atoms with Crippen molar-refractivity contribution in [1.82, 2.24) is 5.32 Å². The molecule has 4 heteroatoms. The minimum absolute atomic E-state index is 0.215. The molecule has 0 heterocycles. The minimum atomic E-state index is -0.215. The van der Waals surface area contributed by atoms with Crippen LogP contribution in [0.3, 0.4) is 0 Å². The second kappa shape index (κ2) is 6.02. The molecule has 101 valence electrons. The van der Waals surface area contributed by atoms with Crippen molar-refractivity contribution in [3.05, 3.63) is 65.2 Å². The molecule has 0 aromatic heterocycles. The number of rotatable bonds is 3. The standard InChI is InChI=1S/C16H15N2O2/c1-11-6-8-12(9-7-11)16(20)18-14-5-3-4-13(10-14)15(19)17-2/h4-10H,1-2H3,(H,17,19)(H,18,20). The van der Waals surface area contributed by atoms with Gasteiger partial charge in [-0.3, -0.25) is 9.59 Å². The van der Waals surface area contributed by atoms with Gasteiger partial charge in [-0.2, -0.15) is 0 Å². The van der Waals surface area contributed by atoms with Gasteiger partial charge < -0.3 is 10.6 Å². The maximum Gasteiger partial charge on any atom is 0.255 e. The number of hydrogen-bond donors (Lipinski definition) is 2. The molecule has 2 amide bonds. The summed E-state index contributed by atoms with van der Waals surface area (Å²) in [6.07, 6.45) is 0. The number of hydrogen-bond acceptors (Lipinski definition) is 2. The van der Waals surface area contributed by atoms with Gasteiger partial charge in [0.05, 0.1) is 0 Å². The van der Waals surface area contributed by atoms with Crippen molar-refractivity contribution < 1.29 is 9.59 Å². The quantitative estimate of drug-likeness (QED) is 0.897. The Labute approximate surface area is 117 Å². The molecular weight excluding hydrogens is 252 g/mol. The molecule has 0 aliphatic heterocycles. The van der Waals surface area contributed by atoms with Crippen molar-refractivity contribution in [2.75, 3.05) is 12.4 Å². The fraction of sp³-hybridized carbons (Fsp3) is 0.125. The average molecular weight is 267 g/mol. The van der Waals surface area contributed by atoms with Gasteiger partial charge in [-0.15, -0.1) is 0 Å². The molecule has 0 atom stereocenters. The summed E-state index contributed by atoms with van der Waals surface area (Å²) in [5, 5.41) is 5.27. The lowest BCUT2D eigenvalue weighted by molar-refractivity contribution is 0.0961. The predicted molar refractivity (Wildman–Crippen MR) is 77.8 cm³/mol. The normalized spacial score (nSPS) is 9.90. The summed E-state index contributed by atoms with van der Waals surface area (Å²) in [6.45, 7) is 1.96. The molecule has 0 bridgehead atoms. The molecule has 4 nitrogen and oxygen atoms in total. The van der Waals surface area contributed by atoms with E-state index in [4.69, 9.17) is 0 Å². The first kappa shape index (κ1) is 13.8. The topological polar surface area (TPSA) is 58.2 Å². The number of benzene rings is 2. The van der Waals surface area contributed by atoms with Gasteiger partial charge in [-0.1, -0.05) is 17.7 Å². The molecule has 2 rings (SSSR count). The summed E-state index contributed by atoms with van der Waals surface area (Å²) in [5.41, 5.74) is 2.66. The van der Waals surface area contributed by atoms with Crippen LogP contribution < -0.4 is 10.6 Å². The smallest absolute Gasteiger partial charge is 0.255 e. The van der Waals surface area contributed by atoms with Crippen LogP contribution in [0.5, 0.6) is 0 Å². The third-order valence-electron chi connectivity index (χ3n) is 2.85. The first-order valence-corrected chi connectivity index (χ1v) is 6.21. The average Bonchev–Trinajstić information content (AvgIpc) is 2.47. The molecule has 0 aliphatic carbocycles. The lowest BCUT2D eigenvalue weighted by Crippen LogP contribution is -2.18. The Kier molecular flexibility index (Phi) is 4.15. The molecule has 2 N–H and O–H groups in total. The van der Waals surface area contributed by atoms with Gasteiger partial charge in [0.2, 0.25) is 0 Å². The van der Waals surface area contributed by atoms with Crippen LogP contribution in [0.2, 0.25) is 0 Å². The highest BCUT2D eigenvalue weighted by atomic mass is 16.2. The van der Waals surface area contributed by atoms with Crippen LogP contribution in [-0.2, 0) is 0 Å². The van der Waals surface area contributed by atoms with Crippen molar-refractivity contribution in [1.29, 1.82) is 0 Å². The lowest BCUT2D eigenvalue weighted by atomic mass is 10.1. The first-order valence-electron chi connectivity index (χ1n) is 6.21. The highest BCUT2D eigenvalue weighted by molar-refractivity contribution is 6.05. The van der Waals surface area contributed by atoms with Crippen molar-refractivity contribution >= 4 is 17.5 Å². The Hall–Kier alpha value is -2.62. The minimum Gasteiger partial charge on any atom is -0.355 e. The van der Waals surface area contributed by atoms with Crippen molar-refractivity contribution in [3.8, 4) is 0 Å². The van der Waals surface area contributed by atoms with E-state index in [0.717, 1.165) is 5.56 Å². The molecule has 20 heavy (non-hydrogen) atoms. The van der Waals surface area contributed by atoms with Crippen LogP contribution in [0, 0.1) is 13.0 Å². The van der Waals surface area contributed by atoms with E-state index in [-0.39, 0.29) is 11.8 Å². The summed E-state index contributed by atoms with van der Waals surface area (Å²) in [6, 6.07) is 14.9. The van der Waals surface area contributed by atoms with E-state index in [1.807, 2.05) is 19.1 Å². The van der Waals surface area contributed by atoms with Crippen LogP contribution in [0.25, 0.3) is 0 Å². The van der Waals surface area contributed by atoms with E-state index in [1.165, 1.54) is 0 Å². The SMILES string of the molecule is CNC(=O)c1c[c]cc(NC(=O)c2ccc(C)cc2)c1. The third-order valence-corrected chi connectivity index (χ3v) is 2.85. The second-order valence-electron chi connectivity index (χ2n) is 4.41. The van der Waals surface area contributed by atoms with Crippen molar-refractivity contribution in [3.63, 3.8) is 0 Å². The van der Waals surface area contributed by atoms with Crippen LogP contribution >= 0.6 is 0 Å². The monoisotopic (exact) mass is 267 g/mol. The van der Waals surface area contributed by atoms with Crippen LogP contribution in [0.4, 0.5) is 5.69 Å². The summed E-state index contributed by atoms with van der Waals surface area (Å²) in [5.74, 6) is -0.430. The van der Waals surface area contributed by atoms with E-state index in [0.29, 0.717) is 16.8 Å². The molecule has 0 spiro atoms. The lowest BCUT2D eigenvalue weighted by Gasteiger charge is -2.07. The van der Waals surface area contributed by atoms with Gasteiger partial charge in [0.25, 0.3) is 11.8 Å². The Bertz CT molecular complexity index is 633. The molecule has 0 fully saturated rings. The van der Waals surface area contributed by atoms with E-state index in [1.54, 1.807) is 37.4 Å². The van der Waals surface area contributed by atoms with Gasteiger partial charge in [0.1, 0.15) is 0 Å². The number of anilines is 1. The molecule has 0 unspecified atom stereocenters. The molecule has 0 saturated carbocycles. The van der Waals surface area contributed by atoms with Gasteiger partial charge in [-0.25, -0.2) is 0 Å². The van der Waals surface area contributed by atoms with E-state index in [2.05, 4.69) is 16.7 Å². The number of aryl methyl sites for hydroxylation is 1.